The largest absolute Gasteiger partial charge is 0.462 e. The summed E-state index contributed by atoms with van der Waals surface area (Å²) in [5.41, 5.74) is 1.62. The van der Waals surface area contributed by atoms with Gasteiger partial charge in [0, 0.05) is 24.5 Å². The number of anilines is 2. The average Bonchev–Trinajstić information content (AvgIpc) is 2.83. The van der Waals surface area contributed by atoms with Crippen LogP contribution in [0.5, 0.6) is 0 Å². The van der Waals surface area contributed by atoms with Crippen LogP contribution in [0.2, 0.25) is 0 Å². The molecule has 2 aromatic carbocycles. The predicted octanol–water partition coefficient (Wildman–Crippen LogP) is 3.49. The van der Waals surface area contributed by atoms with Gasteiger partial charge in [0.15, 0.2) is 0 Å². The van der Waals surface area contributed by atoms with Crippen LogP contribution in [0.15, 0.2) is 53.4 Å². The highest BCUT2D eigenvalue weighted by atomic mass is 32.2. The number of carbonyl (C=O) groups is 2. The summed E-state index contributed by atoms with van der Waals surface area (Å²) in [6.07, 6.45) is 1.44. The second kappa shape index (κ2) is 12.1. The fourth-order valence-corrected chi connectivity index (χ4v) is 5.28. The van der Waals surface area contributed by atoms with Crippen LogP contribution in [-0.2, 0) is 24.3 Å². The molecule has 35 heavy (non-hydrogen) atoms. The van der Waals surface area contributed by atoms with Crippen LogP contribution in [-0.4, -0.2) is 63.0 Å². The van der Waals surface area contributed by atoms with Crippen molar-refractivity contribution in [1.29, 1.82) is 0 Å². The van der Waals surface area contributed by atoms with Gasteiger partial charge in [-0.1, -0.05) is 13.3 Å². The zero-order valence-electron chi connectivity index (χ0n) is 20.3. The van der Waals surface area contributed by atoms with Gasteiger partial charge in [0.2, 0.25) is 15.9 Å². The summed E-state index contributed by atoms with van der Waals surface area (Å²) < 4.78 is 38.1. The zero-order valence-corrected chi connectivity index (χ0v) is 21.1. The van der Waals surface area contributed by atoms with E-state index in [2.05, 4.69) is 10.6 Å². The lowest BCUT2D eigenvalue weighted by molar-refractivity contribution is -0.114. The lowest BCUT2D eigenvalue weighted by Crippen LogP contribution is -2.48. The van der Waals surface area contributed by atoms with Gasteiger partial charge in [-0.05, 0) is 68.8 Å². The molecule has 0 bridgehead atoms. The second-order valence-electron chi connectivity index (χ2n) is 8.57. The highest BCUT2D eigenvalue weighted by molar-refractivity contribution is 7.89. The summed E-state index contributed by atoms with van der Waals surface area (Å²) in [5.74, 6) is -0.662. The number of ether oxygens (including phenoxy) is 2. The Labute approximate surface area is 206 Å². The third-order valence-electron chi connectivity index (χ3n) is 5.47. The standard InChI is InChI=1S/C25H33N3O6S/c1-4-5-14-33-25(30)20-6-8-21(9-7-20)26-15-24(29)27-22-10-12-23(13-11-22)35(31,32)28-16-18(2)34-19(3)17-28/h6-13,18-19,26H,4-5,14-17H2,1-3H3,(H,27,29). The number of sulfonamides is 1. The van der Waals surface area contributed by atoms with E-state index in [1.807, 2.05) is 20.8 Å². The Hall–Kier alpha value is -2.95. The van der Waals surface area contributed by atoms with Gasteiger partial charge in [0.25, 0.3) is 0 Å². The molecule has 3 rings (SSSR count). The van der Waals surface area contributed by atoms with E-state index in [0.29, 0.717) is 36.6 Å². The normalized spacial score (nSPS) is 18.6. The number of carbonyl (C=O) groups excluding carboxylic acids is 2. The van der Waals surface area contributed by atoms with Crippen molar-refractivity contribution >= 4 is 33.3 Å². The van der Waals surface area contributed by atoms with E-state index in [4.69, 9.17) is 9.47 Å². The van der Waals surface area contributed by atoms with Crippen LogP contribution in [0.3, 0.4) is 0 Å². The zero-order chi connectivity index (χ0) is 25.4. The molecule has 0 radical (unpaired) electrons. The van der Waals surface area contributed by atoms with Gasteiger partial charge in [-0.3, -0.25) is 4.79 Å². The molecule has 0 aromatic heterocycles. The van der Waals surface area contributed by atoms with Crippen LogP contribution in [0.1, 0.15) is 44.0 Å². The van der Waals surface area contributed by atoms with Gasteiger partial charge >= 0.3 is 5.97 Å². The molecule has 0 saturated carbocycles. The van der Waals surface area contributed by atoms with Gasteiger partial charge in [0.1, 0.15) is 0 Å². The van der Waals surface area contributed by atoms with Crippen LogP contribution in [0, 0.1) is 0 Å². The summed E-state index contributed by atoms with van der Waals surface area (Å²) in [7, 11) is -3.64. The Morgan fingerprint density at radius 1 is 1.00 bits per heavy atom. The van der Waals surface area contributed by atoms with Crippen molar-refractivity contribution in [3.05, 3.63) is 54.1 Å². The van der Waals surface area contributed by atoms with Crippen molar-refractivity contribution in [3.63, 3.8) is 0 Å². The van der Waals surface area contributed by atoms with Gasteiger partial charge in [-0.15, -0.1) is 0 Å². The fourth-order valence-electron chi connectivity index (χ4n) is 3.69. The van der Waals surface area contributed by atoms with E-state index >= 15 is 0 Å². The molecule has 1 aliphatic heterocycles. The van der Waals surface area contributed by atoms with E-state index in [1.54, 1.807) is 36.4 Å². The van der Waals surface area contributed by atoms with Crippen LogP contribution < -0.4 is 10.6 Å². The smallest absolute Gasteiger partial charge is 0.338 e. The molecule has 1 fully saturated rings. The summed E-state index contributed by atoms with van der Waals surface area (Å²) in [4.78, 5) is 24.4. The number of hydrogen-bond donors (Lipinski definition) is 2. The lowest BCUT2D eigenvalue weighted by Gasteiger charge is -2.34. The van der Waals surface area contributed by atoms with Crippen LogP contribution in [0.4, 0.5) is 11.4 Å². The van der Waals surface area contributed by atoms with Gasteiger partial charge in [-0.2, -0.15) is 4.31 Å². The van der Waals surface area contributed by atoms with E-state index in [9.17, 15) is 18.0 Å². The number of rotatable bonds is 10. The Balaban J connectivity index is 1.50. The molecule has 0 aliphatic carbocycles. The van der Waals surface area contributed by atoms with E-state index in [1.165, 1.54) is 16.4 Å². The molecule has 2 aromatic rings. The molecule has 1 amide bonds. The first-order chi connectivity index (χ1) is 16.7. The van der Waals surface area contributed by atoms with Crippen molar-refractivity contribution in [2.75, 3.05) is 36.9 Å². The van der Waals surface area contributed by atoms with Gasteiger partial charge in [0.05, 0.1) is 35.8 Å². The summed E-state index contributed by atoms with van der Waals surface area (Å²) >= 11 is 0. The second-order valence-corrected chi connectivity index (χ2v) is 10.5. The Bertz CT molecular complexity index is 1090. The third kappa shape index (κ3) is 7.51. The highest BCUT2D eigenvalue weighted by Gasteiger charge is 2.32. The molecule has 1 aliphatic rings. The fraction of sp³-hybridized carbons (Fsp3) is 0.440. The van der Waals surface area contributed by atoms with E-state index < -0.39 is 10.0 Å². The van der Waals surface area contributed by atoms with Crippen LogP contribution >= 0.6 is 0 Å². The average molecular weight is 504 g/mol. The molecular formula is C25H33N3O6S. The topological polar surface area (TPSA) is 114 Å². The number of nitrogens with zero attached hydrogens (tertiary/aromatic N) is 1. The van der Waals surface area contributed by atoms with Crippen LogP contribution in [0.25, 0.3) is 0 Å². The molecule has 0 spiro atoms. The van der Waals surface area contributed by atoms with E-state index in [0.717, 1.165) is 12.8 Å². The maximum absolute atomic E-state index is 12.9. The molecular weight excluding hydrogens is 470 g/mol. The van der Waals surface area contributed by atoms with E-state index in [-0.39, 0.29) is 35.5 Å². The summed E-state index contributed by atoms with van der Waals surface area (Å²) in [6, 6.07) is 12.8. The monoisotopic (exact) mass is 503 g/mol. The van der Waals surface area contributed by atoms with Crippen molar-refractivity contribution in [1.82, 2.24) is 4.31 Å². The molecule has 2 atom stereocenters. The Kier molecular flexibility index (Phi) is 9.25. The third-order valence-corrected chi connectivity index (χ3v) is 7.31. The van der Waals surface area contributed by atoms with Gasteiger partial charge < -0.3 is 20.1 Å². The van der Waals surface area contributed by atoms with Crippen molar-refractivity contribution in [2.45, 2.75) is 50.7 Å². The minimum Gasteiger partial charge on any atom is -0.462 e. The number of hydrogen-bond acceptors (Lipinski definition) is 7. The number of unbranched alkanes of at least 4 members (excludes halogenated alkanes) is 1. The molecule has 190 valence electrons. The summed E-state index contributed by atoms with van der Waals surface area (Å²) in [5, 5.41) is 5.73. The number of amides is 1. The first-order valence-corrected chi connectivity index (χ1v) is 13.2. The summed E-state index contributed by atoms with van der Waals surface area (Å²) in [6.45, 7) is 6.73. The first kappa shape index (κ1) is 26.7. The van der Waals surface area contributed by atoms with Gasteiger partial charge in [-0.25, -0.2) is 13.2 Å². The number of morpholine rings is 1. The van der Waals surface area contributed by atoms with Crippen molar-refractivity contribution < 1.29 is 27.5 Å². The first-order valence-electron chi connectivity index (χ1n) is 11.8. The molecule has 2 unspecified atom stereocenters. The minimum atomic E-state index is -3.64. The number of esters is 1. The lowest BCUT2D eigenvalue weighted by atomic mass is 10.2. The quantitative estimate of drug-likeness (QED) is 0.377. The Morgan fingerprint density at radius 2 is 1.60 bits per heavy atom. The van der Waals surface area contributed by atoms with Crippen molar-refractivity contribution in [2.24, 2.45) is 0 Å². The Morgan fingerprint density at radius 3 is 2.20 bits per heavy atom. The maximum atomic E-state index is 12.9. The maximum Gasteiger partial charge on any atom is 0.338 e. The minimum absolute atomic E-state index is 0.00387. The highest BCUT2D eigenvalue weighted by Crippen LogP contribution is 2.22. The molecule has 10 heteroatoms. The molecule has 9 nitrogen and oxygen atoms in total. The SMILES string of the molecule is CCCCOC(=O)c1ccc(NCC(=O)Nc2ccc(S(=O)(=O)N3CC(C)OC(C)C3)cc2)cc1. The molecule has 2 N–H and O–H groups in total. The number of nitrogens with one attached hydrogen (secondary N) is 2. The molecule has 1 saturated heterocycles. The predicted molar refractivity (Wildman–Crippen MR) is 134 cm³/mol. The van der Waals surface area contributed by atoms with Crippen molar-refractivity contribution in [3.8, 4) is 0 Å². The number of benzene rings is 2. The molecule has 1 heterocycles.